The van der Waals surface area contributed by atoms with Crippen LogP contribution in [0.5, 0.6) is 0 Å². The molecular formula is C11H18N2O2. The third kappa shape index (κ3) is 5.57. The number of carbonyl (C=O) groups excluding carboxylic acids is 1. The second kappa shape index (κ2) is 5.24. The summed E-state index contributed by atoms with van der Waals surface area (Å²) in [6.07, 6.45) is 2.29. The van der Waals surface area contributed by atoms with Gasteiger partial charge in [-0.15, -0.1) is 0 Å². The van der Waals surface area contributed by atoms with E-state index in [1.54, 1.807) is 20.8 Å². The van der Waals surface area contributed by atoms with E-state index in [9.17, 15) is 4.79 Å². The van der Waals surface area contributed by atoms with Gasteiger partial charge in [0.1, 0.15) is 5.60 Å². The molecule has 15 heavy (non-hydrogen) atoms. The van der Waals surface area contributed by atoms with E-state index < -0.39 is 11.7 Å². The van der Waals surface area contributed by atoms with Crippen LogP contribution in [-0.4, -0.2) is 11.7 Å². The first-order valence-electron chi connectivity index (χ1n) is 4.54. The number of alkyl carbamates (subject to hydrolysis) is 1. The summed E-state index contributed by atoms with van der Waals surface area (Å²) in [7, 11) is 0. The Bertz CT molecular complexity index is 298. The minimum Gasteiger partial charge on any atom is -0.444 e. The normalized spacial score (nSPS) is 12.5. The van der Waals surface area contributed by atoms with Crippen molar-refractivity contribution in [1.82, 2.24) is 5.32 Å². The van der Waals surface area contributed by atoms with E-state index in [-0.39, 0.29) is 0 Å². The largest absolute Gasteiger partial charge is 0.444 e. The summed E-state index contributed by atoms with van der Waals surface area (Å²) in [5.74, 6) is 0. The van der Waals surface area contributed by atoms with Crippen LogP contribution in [0.3, 0.4) is 0 Å². The molecule has 0 heterocycles. The second-order valence-electron chi connectivity index (χ2n) is 3.90. The quantitative estimate of drug-likeness (QED) is 0.701. The average Bonchev–Trinajstić information content (AvgIpc) is 2.10. The van der Waals surface area contributed by atoms with Crippen molar-refractivity contribution in [3.8, 4) is 0 Å². The molecule has 0 aromatic heterocycles. The van der Waals surface area contributed by atoms with Crippen LogP contribution in [0, 0.1) is 0 Å². The monoisotopic (exact) mass is 210 g/mol. The van der Waals surface area contributed by atoms with Crippen LogP contribution in [0.25, 0.3) is 0 Å². The Balaban J connectivity index is 4.53. The molecule has 0 fully saturated rings. The minimum atomic E-state index is -0.567. The number of amides is 1. The Labute approximate surface area is 90.5 Å². The standard InChI is InChI=1S/C11H18N2O2/c1-6-8(12)9(7-2)13-10(14)15-11(3,4)5/h6-7H,1-2,12H2,3-5H3,(H,13,14)/b9-8-. The Kier molecular flexibility index (Phi) is 4.64. The highest BCUT2D eigenvalue weighted by Gasteiger charge is 2.16. The van der Waals surface area contributed by atoms with Crippen molar-refractivity contribution in [3.05, 3.63) is 36.7 Å². The molecule has 0 aromatic carbocycles. The molecule has 4 heteroatoms. The SMILES string of the molecule is C=C/C(N)=C(\C=C)NC(=O)OC(C)(C)C. The van der Waals surface area contributed by atoms with Crippen molar-refractivity contribution in [3.63, 3.8) is 0 Å². The number of rotatable bonds is 3. The van der Waals surface area contributed by atoms with Crippen molar-refractivity contribution in [2.45, 2.75) is 26.4 Å². The first-order chi connectivity index (χ1) is 6.80. The molecule has 4 nitrogen and oxygen atoms in total. The molecule has 0 saturated carbocycles. The fraction of sp³-hybridized carbons (Fsp3) is 0.364. The van der Waals surface area contributed by atoms with Crippen LogP contribution in [0.15, 0.2) is 36.7 Å². The van der Waals surface area contributed by atoms with Gasteiger partial charge in [-0.3, -0.25) is 5.32 Å². The van der Waals surface area contributed by atoms with Gasteiger partial charge in [0.05, 0.1) is 11.4 Å². The van der Waals surface area contributed by atoms with Crippen molar-refractivity contribution in [1.29, 1.82) is 0 Å². The zero-order valence-corrected chi connectivity index (χ0v) is 9.46. The molecule has 0 atom stereocenters. The minimum absolute atomic E-state index is 0.343. The van der Waals surface area contributed by atoms with Gasteiger partial charge in [0.25, 0.3) is 0 Å². The first kappa shape index (κ1) is 13.3. The number of allylic oxidation sites excluding steroid dienone is 2. The van der Waals surface area contributed by atoms with E-state index in [0.29, 0.717) is 11.4 Å². The van der Waals surface area contributed by atoms with Crippen LogP contribution in [-0.2, 0) is 4.74 Å². The Hall–Kier alpha value is -1.71. The van der Waals surface area contributed by atoms with Crippen molar-refractivity contribution in [2.24, 2.45) is 5.73 Å². The second-order valence-corrected chi connectivity index (χ2v) is 3.90. The highest BCUT2D eigenvalue weighted by molar-refractivity contribution is 5.71. The number of carbonyl (C=O) groups is 1. The lowest BCUT2D eigenvalue weighted by Crippen LogP contribution is -2.32. The van der Waals surface area contributed by atoms with Crippen LogP contribution >= 0.6 is 0 Å². The van der Waals surface area contributed by atoms with Crippen molar-refractivity contribution < 1.29 is 9.53 Å². The van der Waals surface area contributed by atoms with Gasteiger partial charge in [-0.25, -0.2) is 4.79 Å². The first-order valence-corrected chi connectivity index (χ1v) is 4.54. The molecule has 0 rings (SSSR count). The van der Waals surface area contributed by atoms with Gasteiger partial charge in [-0.2, -0.15) is 0 Å². The van der Waals surface area contributed by atoms with E-state index in [1.165, 1.54) is 12.2 Å². The number of hydrogen-bond acceptors (Lipinski definition) is 3. The average molecular weight is 210 g/mol. The maximum absolute atomic E-state index is 11.3. The topological polar surface area (TPSA) is 64.3 Å². The molecule has 84 valence electrons. The summed E-state index contributed by atoms with van der Waals surface area (Å²) in [6, 6.07) is 0. The molecule has 3 N–H and O–H groups in total. The van der Waals surface area contributed by atoms with Gasteiger partial charge in [0.15, 0.2) is 0 Å². The lowest BCUT2D eigenvalue weighted by molar-refractivity contribution is 0.0547. The van der Waals surface area contributed by atoms with Crippen molar-refractivity contribution in [2.75, 3.05) is 0 Å². The third-order valence-corrected chi connectivity index (χ3v) is 1.37. The van der Waals surface area contributed by atoms with Crippen LogP contribution in [0.4, 0.5) is 4.79 Å². The van der Waals surface area contributed by atoms with Crippen LogP contribution in [0.1, 0.15) is 20.8 Å². The smallest absolute Gasteiger partial charge is 0.412 e. The molecule has 0 aliphatic heterocycles. The maximum Gasteiger partial charge on any atom is 0.412 e. The number of nitrogens with one attached hydrogen (secondary N) is 1. The highest BCUT2D eigenvalue weighted by Crippen LogP contribution is 2.07. The molecule has 1 amide bonds. The Morgan fingerprint density at radius 1 is 1.33 bits per heavy atom. The summed E-state index contributed by atoms with van der Waals surface area (Å²) in [6.45, 7) is 12.3. The molecule has 0 aromatic rings. The fourth-order valence-corrected chi connectivity index (χ4v) is 0.765. The summed E-state index contributed by atoms with van der Waals surface area (Å²) < 4.78 is 5.04. The predicted octanol–water partition coefficient (Wildman–Crippen LogP) is 2.05. The molecular weight excluding hydrogens is 192 g/mol. The van der Waals surface area contributed by atoms with Gasteiger partial charge in [0.2, 0.25) is 0 Å². The zero-order valence-electron chi connectivity index (χ0n) is 9.46. The number of nitrogens with two attached hydrogens (primary N) is 1. The summed E-state index contributed by atoms with van der Waals surface area (Å²) >= 11 is 0. The highest BCUT2D eigenvalue weighted by atomic mass is 16.6. The third-order valence-electron chi connectivity index (χ3n) is 1.37. The lowest BCUT2D eigenvalue weighted by Gasteiger charge is -2.20. The summed E-state index contributed by atoms with van der Waals surface area (Å²) in [5, 5.41) is 2.48. The molecule has 0 aliphatic rings. The molecule has 0 spiro atoms. The van der Waals surface area contributed by atoms with Gasteiger partial charge in [-0.1, -0.05) is 13.2 Å². The van der Waals surface area contributed by atoms with Gasteiger partial charge in [0, 0.05) is 0 Å². The van der Waals surface area contributed by atoms with E-state index in [2.05, 4.69) is 18.5 Å². The molecule has 0 bridgehead atoms. The Morgan fingerprint density at radius 3 is 2.20 bits per heavy atom. The predicted molar refractivity (Wildman–Crippen MR) is 61.0 cm³/mol. The maximum atomic E-state index is 11.3. The molecule has 0 aliphatic carbocycles. The van der Waals surface area contributed by atoms with Crippen LogP contribution in [0.2, 0.25) is 0 Å². The lowest BCUT2D eigenvalue weighted by atomic mass is 10.2. The van der Waals surface area contributed by atoms with E-state index in [1.807, 2.05) is 0 Å². The van der Waals surface area contributed by atoms with Crippen LogP contribution < -0.4 is 11.1 Å². The van der Waals surface area contributed by atoms with E-state index >= 15 is 0 Å². The van der Waals surface area contributed by atoms with Gasteiger partial charge in [-0.05, 0) is 32.9 Å². The summed E-state index contributed by atoms with van der Waals surface area (Å²) in [4.78, 5) is 11.3. The number of ether oxygens (including phenoxy) is 1. The van der Waals surface area contributed by atoms with Gasteiger partial charge >= 0.3 is 6.09 Å². The van der Waals surface area contributed by atoms with Crippen molar-refractivity contribution >= 4 is 6.09 Å². The Morgan fingerprint density at radius 2 is 1.87 bits per heavy atom. The zero-order chi connectivity index (χ0) is 12.1. The van der Waals surface area contributed by atoms with Gasteiger partial charge < -0.3 is 10.5 Å². The fourth-order valence-electron chi connectivity index (χ4n) is 0.765. The number of hydrogen-bond donors (Lipinski definition) is 2. The van der Waals surface area contributed by atoms with E-state index in [0.717, 1.165) is 0 Å². The molecule has 0 saturated heterocycles. The van der Waals surface area contributed by atoms with E-state index in [4.69, 9.17) is 10.5 Å². The molecule has 0 unspecified atom stereocenters. The summed E-state index contributed by atoms with van der Waals surface area (Å²) in [5.41, 5.74) is 5.75. The molecule has 0 radical (unpaired) electrons.